The van der Waals surface area contributed by atoms with Gasteiger partial charge in [-0.1, -0.05) is 13.8 Å². The van der Waals surface area contributed by atoms with Gasteiger partial charge in [-0.2, -0.15) is 0 Å². The van der Waals surface area contributed by atoms with Crippen LogP contribution in [-0.4, -0.2) is 4.98 Å². The summed E-state index contributed by atoms with van der Waals surface area (Å²) in [5, 5.41) is 2.74. The molecule has 0 atom stereocenters. The van der Waals surface area contributed by atoms with Crippen molar-refractivity contribution in [3.63, 3.8) is 0 Å². The average molecular weight is 152 g/mol. The quantitative estimate of drug-likeness (QED) is 0.580. The van der Waals surface area contributed by atoms with E-state index < -0.39 is 0 Å². The monoisotopic (exact) mass is 152 g/mol. The van der Waals surface area contributed by atoms with Crippen LogP contribution in [0.15, 0.2) is 23.5 Å². The molecule has 0 bridgehead atoms. The number of pyridine rings is 1. The molecule has 0 aliphatic rings. The Morgan fingerprint density at radius 2 is 2.09 bits per heavy atom. The van der Waals surface area contributed by atoms with Crippen LogP contribution < -0.4 is 0 Å². The fraction of sp³-hybridized carbons (Fsp3) is 0.375. The van der Waals surface area contributed by atoms with Gasteiger partial charge in [-0.3, -0.25) is 4.98 Å². The summed E-state index contributed by atoms with van der Waals surface area (Å²) >= 11 is 0. The highest BCUT2D eigenvalue weighted by Crippen LogP contribution is 2.09. The second kappa shape index (κ2) is 5.53. The Morgan fingerprint density at radius 1 is 1.45 bits per heavy atom. The van der Waals surface area contributed by atoms with Crippen LogP contribution in [0.4, 0.5) is 5.69 Å². The van der Waals surface area contributed by atoms with Crippen LogP contribution in [0.2, 0.25) is 0 Å². The molecule has 0 unspecified atom stereocenters. The van der Waals surface area contributed by atoms with Crippen molar-refractivity contribution in [1.82, 2.24) is 4.98 Å². The molecule has 1 aromatic rings. The van der Waals surface area contributed by atoms with E-state index >= 15 is 0 Å². The lowest BCUT2D eigenvalue weighted by molar-refractivity contribution is 1.19. The van der Waals surface area contributed by atoms with Gasteiger partial charge in [0.2, 0.25) is 0 Å². The van der Waals surface area contributed by atoms with Crippen LogP contribution >= 0.6 is 0 Å². The van der Waals surface area contributed by atoms with Gasteiger partial charge in [-0.15, -0.1) is 4.91 Å². The zero-order valence-electron chi connectivity index (χ0n) is 7.03. The van der Waals surface area contributed by atoms with Gasteiger partial charge in [0, 0.05) is 11.9 Å². The lowest BCUT2D eigenvalue weighted by Gasteiger charge is -1.88. The van der Waals surface area contributed by atoms with Crippen LogP contribution in [0.5, 0.6) is 0 Å². The van der Waals surface area contributed by atoms with E-state index in [1.807, 2.05) is 20.8 Å². The number of aryl methyl sites for hydroxylation is 1. The second-order valence-electron chi connectivity index (χ2n) is 1.75. The summed E-state index contributed by atoms with van der Waals surface area (Å²) in [6.07, 6.45) is 1.56. The molecule has 0 aliphatic carbocycles. The van der Waals surface area contributed by atoms with Crippen LogP contribution in [0.1, 0.15) is 19.5 Å². The molecule has 0 amide bonds. The largest absolute Gasteiger partial charge is 0.261 e. The van der Waals surface area contributed by atoms with E-state index in [0.29, 0.717) is 5.69 Å². The van der Waals surface area contributed by atoms with E-state index in [0.717, 1.165) is 5.69 Å². The summed E-state index contributed by atoms with van der Waals surface area (Å²) in [7, 11) is 0. The molecule has 0 N–H and O–H groups in total. The van der Waals surface area contributed by atoms with Gasteiger partial charge in [0.25, 0.3) is 0 Å². The minimum absolute atomic E-state index is 0.433. The third-order valence-electron chi connectivity index (χ3n) is 0.986. The van der Waals surface area contributed by atoms with Crippen molar-refractivity contribution in [3.05, 3.63) is 28.9 Å². The molecule has 3 nitrogen and oxygen atoms in total. The maximum absolute atomic E-state index is 9.88. The van der Waals surface area contributed by atoms with Crippen LogP contribution in [0, 0.1) is 11.8 Å². The molecule has 1 aromatic heterocycles. The summed E-state index contributed by atoms with van der Waals surface area (Å²) in [4.78, 5) is 13.8. The van der Waals surface area contributed by atoms with Crippen LogP contribution in [0.3, 0.4) is 0 Å². The van der Waals surface area contributed by atoms with Gasteiger partial charge >= 0.3 is 0 Å². The molecular weight excluding hydrogens is 140 g/mol. The van der Waals surface area contributed by atoms with Crippen LogP contribution in [0.25, 0.3) is 0 Å². The minimum atomic E-state index is 0.433. The Balaban J connectivity index is 0.000000461. The molecule has 0 fully saturated rings. The zero-order chi connectivity index (χ0) is 8.69. The van der Waals surface area contributed by atoms with E-state index in [9.17, 15) is 4.91 Å². The highest BCUT2D eigenvalue weighted by atomic mass is 16.3. The lowest BCUT2D eigenvalue weighted by Crippen LogP contribution is -1.75. The maximum atomic E-state index is 9.88. The molecule has 0 aromatic carbocycles. The lowest BCUT2D eigenvalue weighted by atomic mass is 10.3. The molecule has 11 heavy (non-hydrogen) atoms. The number of nitroso groups, excluding NO2 is 1. The van der Waals surface area contributed by atoms with Crippen molar-refractivity contribution in [2.45, 2.75) is 20.8 Å². The normalized spacial score (nSPS) is 7.91. The first-order valence-electron chi connectivity index (χ1n) is 3.59. The third kappa shape index (κ3) is 3.45. The minimum Gasteiger partial charge on any atom is -0.261 e. The van der Waals surface area contributed by atoms with E-state index in [-0.39, 0.29) is 0 Å². The van der Waals surface area contributed by atoms with Gasteiger partial charge in [0.15, 0.2) is 0 Å². The fourth-order valence-corrected chi connectivity index (χ4v) is 0.587. The van der Waals surface area contributed by atoms with Gasteiger partial charge in [0.05, 0.1) is 0 Å². The molecule has 0 spiro atoms. The average Bonchev–Trinajstić information content (AvgIpc) is 2.08. The summed E-state index contributed by atoms with van der Waals surface area (Å²) in [6, 6.07) is 3.20. The number of hydrogen-bond acceptors (Lipinski definition) is 3. The van der Waals surface area contributed by atoms with Crippen molar-refractivity contribution in [1.29, 1.82) is 0 Å². The third-order valence-corrected chi connectivity index (χ3v) is 0.986. The number of rotatable bonds is 1. The predicted molar refractivity (Wildman–Crippen MR) is 45.8 cm³/mol. The molecule has 1 heterocycles. The topological polar surface area (TPSA) is 42.3 Å². The molecule has 3 heteroatoms. The van der Waals surface area contributed by atoms with Crippen molar-refractivity contribution < 1.29 is 0 Å². The standard InChI is InChI=1S/C6H6N2O.C2H6/c1-5-4-6(8-9)2-3-7-5;1-2/h2-4H,1H3;1-2H3. The number of aromatic nitrogens is 1. The molecule has 60 valence electrons. The van der Waals surface area contributed by atoms with Crippen molar-refractivity contribution >= 4 is 5.69 Å². The first-order valence-corrected chi connectivity index (χ1v) is 3.59. The molecule has 0 saturated heterocycles. The van der Waals surface area contributed by atoms with E-state index in [1.165, 1.54) is 0 Å². The highest BCUT2D eigenvalue weighted by molar-refractivity contribution is 5.35. The predicted octanol–water partition coefficient (Wildman–Crippen LogP) is 2.81. The molecule has 1 rings (SSSR count). The number of hydrogen-bond donors (Lipinski definition) is 0. The molecular formula is C8H12N2O. The molecule has 0 saturated carbocycles. The van der Waals surface area contributed by atoms with Gasteiger partial charge in [-0.25, -0.2) is 0 Å². The molecule has 0 aliphatic heterocycles. The van der Waals surface area contributed by atoms with E-state index in [1.54, 1.807) is 18.3 Å². The summed E-state index contributed by atoms with van der Waals surface area (Å²) in [6.45, 7) is 5.81. The summed E-state index contributed by atoms with van der Waals surface area (Å²) in [5.74, 6) is 0. The van der Waals surface area contributed by atoms with E-state index in [2.05, 4.69) is 10.2 Å². The van der Waals surface area contributed by atoms with Crippen LogP contribution in [-0.2, 0) is 0 Å². The summed E-state index contributed by atoms with van der Waals surface area (Å²) in [5.41, 5.74) is 1.25. The van der Waals surface area contributed by atoms with Gasteiger partial charge < -0.3 is 0 Å². The van der Waals surface area contributed by atoms with Crippen molar-refractivity contribution in [2.75, 3.05) is 0 Å². The summed E-state index contributed by atoms with van der Waals surface area (Å²) < 4.78 is 0. The van der Waals surface area contributed by atoms with Crippen molar-refractivity contribution in [2.24, 2.45) is 5.18 Å². The Bertz CT molecular complexity index is 223. The van der Waals surface area contributed by atoms with Gasteiger partial charge in [0.1, 0.15) is 5.69 Å². The van der Waals surface area contributed by atoms with E-state index in [4.69, 9.17) is 0 Å². The first kappa shape index (κ1) is 9.75. The smallest absolute Gasteiger partial charge is 0.111 e. The zero-order valence-corrected chi connectivity index (χ0v) is 7.03. The SMILES string of the molecule is CC.Cc1cc(N=O)ccn1. The second-order valence-corrected chi connectivity index (χ2v) is 1.75. The Kier molecular flexibility index (Phi) is 4.90. The first-order chi connectivity index (χ1) is 5.33. The number of nitrogens with zero attached hydrogens (tertiary/aromatic N) is 2. The Labute approximate surface area is 66.4 Å². The Morgan fingerprint density at radius 3 is 2.45 bits per heavy atom. The maximum Gasteiger partial charge on any atom is 0.111 e. The highest BCUT2D eigenvalue weighted by Gasteiger charge is 1.88. The Hall–Kier alpha value is -1.25. The molecule has 0 radical (unpaired) electrons. The van der Waals surface area contributed by atoms with Crippen molar-refractivity contribution in [3.8, 4) is 0 Å². The van der Waals surface area contributed by atoms with Gasteiger partial charge in [-0.05, 0) is 24.2 Å². The fourth-order valence-electron chi connectivity index (χ4n) is 0.587.